The van der Waals surface area contributed by atoms with Crippen molar-refractivity contribution < 1.29 is 0 Å². The van der Waals surface area contributed by atoms with Crippen LogP contribution in [0.3, 0.4) is 0 Å². The summed E-state index contributed by atoms with van der Waals surface area (Å²) in [6, 6.07) is 4.78. The van der Waals surface area contributed by atoms with E-state index in [1.165, 1.54) is 5.00 Å². The van der Waals surface area contributed by atoms with Crippen molar-refractivity contribution in [2.75, 3.05) is 36.5 Å². The van der Waals surface area contributed by atoms with Crippen molar-refractivity contribution in [3.8, 4) is 0 Å². The number of aryl methyl sites for hydroxylation is 1. The first kappa shape index (κ1) is 21.0. The second-order valence-electron chi connectivity index (χ2n) is 7.02. The van der Waals surface area contributed by atoms with Gasteiger partial charge in [-0.2, -0.15) is 11.8 Å². The zero-order chi connectivity index (χ0) is 19.8. The molecule has 7 nitrogen and oxygen atoms in total. The van der Waals surface area contributed by atoms with Crippen LogP contribution in [0.5, 0.6) is 0 Å². The van der Waals surface area contributed by atoms with Crippen molar-refractivity contribution in [2.24, 2.45) is 12.0 Å². The SMILES string of the molecule is CSCCCNC(=NCc1nnc(C)n1C)NC1CCN(c2cccs2)CC1. The molecule has 0 radical (unpaired) electrons. The Hall–Kier alpha value is -1.74. The second-order valence-corrected chi connectivity index (χ2v) is 8.93. The van der Waals surface area contributed by atoms with Crippen LogP contribution >= 0.6 is 23.1 Å². The molecule has 0 atom stereocenters. The zero-order valence-electron chi connectivity index (χ0n) is 17.0. The smallest absolute Gasteiger partial charge is 0.191 e. The Labute approximate surface area is 176 Å². The topological polar surface area (TPSA) is 70.4 Å². The van der Waals surface area contributed by atoms with Crippen molar-refractivity contribution in [2.45, 2.75) is 38.8 Å². The molecule has 1 saturated heterocycles. The molecule has 2 N–H and O–H groups in total. The summed E-state index contributed by atoms with van der Waals surface area (Å²) in [6.45, 7) is 5.59. The largest absolute Gasteiger partial charge is 0.363 e. The van der Waals surface area contributed by atoms with E-state index in [1.54, 1.807) is 0 Å². The van der Waals surface area contributed by atoms with E-state index >= 15 is 0 Å². The number of nitrogens with zero attached hydrogens (tertiary/aromatic N) is 5. The summed E-state index contributed by atoms with van der Waals surface area (Å²) in [5.74, 6) is 3.84. The highest BCUT2D eigenvalue weighted by atomic mass is 32.2. The summed E-state index contributed by atoms with van der Waals surface area (Å²) in [4.78, 5) is 7.26. The monoisotopic (exact) mass is 421 g/mol. The summed E-state index contributed by atoms with van der Waals surface area (Å²) >= 11 is 3.70. The van der Waals surface area contributed by atoms with E-state index in [4.69, 9.17) is 4.99 Å². The second kappa shape index (κ2) is 10.7. The predicted molar refractivity (Wildman–Crippen MR) is 121 cm³/mol. The molecule has 9 heteroatoms. The van der Waals surface area contributed by atoms with Crippen LogP contribution in [0, 0.1) is 6.92 Å². The van der Waals surface area contributed by atoms with Gasteiger partial charge in [-0.15, -0.1) is 21.5 Å². The first-order valence-electron chi connectivity index (χ1n) is 9.84. The third kappa shape index (κ3) is 5.88. The van der Waals surface area contributed by atoms with Gasteiger partial charge in [0.15, 0.2) is 11.8 Å². The zero-order valence-corrected chi connectivity index (χ0v) is 18.7. The number of thioether (sulfide) groups is 1. The van der Waals surface area contributed by atoms with Gasteiger partial charge in [0.05, 0.1) is 5.00 Å². The summed E-state index contributed by atoms with van der Waals surface area (Å²) in [5, 5.41) is 19.0. The summed E-state index contributed by atoms with van der Waals surface area (Å²) in [7, 11) is 1.99. The van der Waals surface area contributed by atoms with Crippen LogP contribution < -0.4 is 15.5 Å². The number of piperidine rings is 1. The Balaban J connectivity index is 1.55. The molecule has 0 aromatic carbocycles. The lowest BCUT2D eigenvalue weighted by atomic mass is 10.1. The summed E-state index contributed by atoms with van der Waals surface area (Å²) < 4.78 is 1.99. The van der Waals surface area contributed by atoms with Crippen molar-refractivity contribution in [3.05, 3.63) is 29.2 Å². The Morgan fingerprint density at radius 3 is 2.82 bits per heavy atom. The van der Waals surface area contributed by atoms with Crippen molar-refractivity contribution in [1.29, 1.82) is 0 Å². The molecule has 1 aliphatic heterocycles. The first-order chi connectivity index (χ1) is 13.7. The molecule has 3 rings (SSSR count). The molecule has 0 unspecified atom stereocenters. The fourth-order valence-electron chi connectivity index (χ4n) is 3.20. The molecule has 3 heterocycles. The van der Waals surface area contributed by atoms with Crippen LogP contribution in [0.4, 0.5) is 5.00 Å². The number of aromatic nitrogens is 3. The molecule has 0 amide bonds. The molecule has 1 aliphatic rings. The van der Waals surface area contributed by atoms with Crippen LogP contribution in [0.25, 0.3) is 0 Å². The van der Waals surface area contributed by atoms with E-state index in [1.807, 2.05) is 41.6 Å². The molecule has 154 valence electrons. The average molecular weight is 422 g/mol. The molecule has 0 saturated carbocycles. The van der Waals surface area contributed by atoms with Crippen LogP contribution in [-0.4, -0.2) is 58.4 Å². The number of aliphatic imine (C=N–C) groups is 1. The minimum atomic E-state index is 0.448. The van der Waals surface area contributed by atoms with Gasteiger partial charge < -0.3 is 20.1 Å². The minimum absolute atomic E-state index is 0.448. The molecule has 1 fully saturated rings. The van der Waals surface area contributed by atoms with Crippen molar-refractivity contribution in [3.63, 3.8) is 0 Å². The van der Waals surface area contributed by atoms with E-state index in [2.05, 4.69) is 49.5 Å². The van der Waals surface area contributed by atoms with Gasteiger partial charge in [-0.1, -0.05) is 0 Å². The fourth-order valence-corrected chi connectivity index (χ4v) is 4.42. The van der Waals surface area contributed by atoms with Gasteiger partial charge in [0, 0.05) is 32.7 Å². The van der Waals surface area contributed by atoms with E-state index < -0.39 is 0 Å². The Morgan fingerprint density at radius 1 is 1.36 bits per heavy atom. The number of nitrogens with one attached hydrogen (secondary N) is 2. The minimum Gasteiger partial charge on any atom is -0.363 e. The van der Waals surface area contributed by atoms with Gasteiger partial charge in [0.1, 0.15) is 12.4 Å². The van der Waals surface area contributed by atoms with Crippen molar-refractivity contribution in [1.82, 2.24) is 25.4 Å². The summed E-state index contributed by atoms with van der Waals surface area (Å²) in [6.07, 6.45) is 5.51. The van der Waals surface area contributed by atoms with Gasteiger partial charge in [-0.25, -0.2) is 4.99 Å². The van der Waals surface area contributed by atoms with Gasteiger partial charge >= 0.3 is 0 Å². The molecule has 2 aromatic rings. The molecule has 28 heavy (non-hydrogen) atoms. The van der Waals surface area contributed by atoms with E-state index in [9.17, 15) is 0 Å². The lowest BCUT2D eigenvalue weighted by Crippen LogP contribution is -2.49. The normalized spacial score (nSPS) is 15.8. The number of rotatable bonds is 8. The maximum absolute atomic E-state index is 4.78. The molecule has 2 aromatic heterocycles. The Bertz CT molecular complexity index is 734. The highest BCUT2D eigenvalue weighted by Crippen LogP contribution is 2.24. The standard InChI is InChI=1S/C19H31N7S2/c1-15-23-24-17(25(15)2)14-21-19(20-9-5-12-27-3)22-16-7-10-26(11-8-16)18-6-4-13-28-18/h4,6,13,16H,5,7-12,14H2,1-3H3,(H2,20,21,22). The van der Waals surface area contributed by atoms with Crippen LogP contribution in [0.15, 0.2) is 22.5 Å². The maximum Gasteiger partial charge on any atom is 0.191 e. The van der Waals surface area contributed by atoms with Crippen LogP contribution in [0.1, 0.15) is 30.9 Å². The van der Waals surface area contributed by atoms with Crippen LogP contribution in [-0.2, 0) is 13.6 Å². The number of guanidine groups is 1. The van der Waals surface area contributed by atoms with E-state index in [0.29, 0.717) is 12.6 Å². The molecule has 0 spiro atoms. The van der Waals surface area contributed by atoms with Gasteiger partial charge in [0.2, 0.25) is 0 Å². The molecular formula is C19H31N7S2. The lowest BCUT2D eigenvalue weighted by molar-refractivity contribution is 0.462. The quantitative estimate of drug-likeness (QED) is 0.388. The lowest BCUT2D eigenvalue weighted by Gasteiger charge is -2.33. The highest BCUT2D eigenvalue weighted by molar-refractivity contribution is 7.98. The van der Waals surface area contributed by atoms with Gasteiger partial charge in [-0.05, 0) is 55.7 Å². The highest BCUT2D eigenvalue weighted by Gasteiger charge is 2.20. The molecule has 0 bridgehead atoms. The Morgan fingerprint density at radius 2 is 2.18 bits per heavy atom. The summed E-state index contributed by atoms with van der Waals surface area (Å²) in [5.41, 5.74) is 0. The number of hydrogen-bond acceptors (Lipinski definition) is 6. The molecule has 0 aliphatic carbocycles. The third-order valence-electron chi connectivity index (χ3n) is 5.03. The number of hydrogen-bond donors (Lipinski definition) is 2. The van der Waals surface area contributed by atoms with Gasteiger partial charge in [0.25, 0.3) is 0 Å². The third-order valence-corrected chi connectivity index (χ3v) is 6.66. The number of anilines is 1. The van der Waals surface area contributed by atoms with E-state index in [-0.39, 0.29) is 0 Å². The average Bonchev–Trinajstić information content (AvgIpc) is 3.35. The van der Waals surface area contributed by atoms with Crippen molar-refractivity contribution >= 4 is 34.1 Å². The van der Waals surface area contributed by atoms with Gasteiger partial charge in [-0.3, -0.25) is 0 Å². The first-order valence-corrected chi connectivity index (χ1v) is 12.1. The molecular weight excluding hydrogens is 390 g/mol. The Kier molecular flexibility index (Phi) is 8.02. The predicted octanol–water partition coefficient (Wildman–Crippen LogP) is 2.64. The van der Waals surface area contributed by atoms with Crippen LogP contribution in [0.2, 0.25) is 0 Å². The maximum atomic E-state index is 4.78. The van der Waals surface area contributed by atoms with E-state index in [0.717, 1.165) is 62.3 Å². The fraction of sp³-hybridized carbons (Fsp3) is 0.632. The number of thiophene rings is 1.